The first-order valence-corrected chi connectivity index (χ1v) is 9.38. The van der Waals surface area contributed by atoms with Crippen LogP contribution in [-0.2, 0) is 17.8 Å². The molecule has 2 aromatic rings. The Kier molecular flexibility index (Phi) is 6.42. The Labute approximate surface area is 156 Å². The minimum atomic E-state index is -0.0264. The third kappa shape index (κ3) is 4.93. The number of nitrogens with one attached hydrogen (secondary N) is 1. The molecular weight excluding hydrogens is 324 g/mol. The van der Waals surface area contributed by atoms with Crippen molar-refractivity contribution in [3.8, 4) is 0 Å². The van der Waals surface area contributed by atoms with Gasteiger partial charge in [-0.25, -0.2) is 0 Å². The van der Waals surface area contributed by atoms with Crippen molar-refractivity contribution < 1.29 is 9.53 Å². The summed E-state index contributed by atoms with van der Waals surface area (Å²) in [6.07, 6.45) is 0. The number of morpholine rings is 1. The normalized spacial score (nSPS) is 15.2. The summed E-state index contributed by atoms with van der Waals surface area (Å²) in [5.74, 6) is 0.445. The molecule has 0 bridgehead atoms. The van der Waals surface area contributed by atoms with Crippen molar-refractivity contribution in [1.82, 2.24) is 10.2 Å². The van der Waals surface area contributed by atoms with Crippen LogP contribution in [0.1, 0.15) is 46.8 Å². The quantitative estimate of drug-likeness (QED) is 0.864. The molecule has 1 heterocycles. The van der Waals surface area contributed by atoms with E-state index >= 15 is 0 Å². The van der Waals surface area contributed by atoms with Crippen LogP contribution in [0.3, 0.4) is 0 Å². The van der Waals surface area contributed by atoms with Gasteiger partial charge in [0.15, 0.2) is 0 Å². The van der Waals surface area contributed by atoms with Crippen molar-refractivity contribution in [2.75, 3.05) is 26.3 Å². The fraction of sp³-hybridized carbons (Fsp3) is 0.409. The van der Waals surface area contributed by atoms with Gasteiger partial charge in [0.1, 0.15) is 0 Å². The van der Waals surface area contributed by atoms with Crippen LogP contribution in [0.15, 0.2) is 48.5 Å². The monoisotopic (exact) mass is 352 g/mol. The number of amides is 1. The zero-order valence-corrected chi connectivity index (χ0v) is 15.7. The Morgan fingerprint density at radius 2 is 1.69 bits per heavy atom. The van der Waals surface area contributed by atoms with Crippen LogP contribution in [0.2, 0.25) is 0 Å². The summed E-state index contributed by atoms with van der Waals surface area (Å²) in [4.78, 5) is 14.9. The molecule has 1 saturated heterocycles. The molecule has 0 aromatic heterocycles. The van der Waals surface area contributed by atoms with Crippen molar-refractivity contribution in [1.29, 1.82) is 0 Å². The van der Waals surface area contributed by atoms with Crippen LogP contribution in [0.4, 0.5) is 0 Å². The predicted molar refractivity (Wildman–Crippen MR) is 104 cm³/mol. The molecule has 3 rings (SSSR count). The number of ether oxygens (including phenoxy) is 1. The van der Waals surface area contributed by atoms with Crippen LogP contribution in [-0.4, -0.2) is 37.1 Å². The molecule has 0 atom stereocenters. The van der Waals surface area contributed by atoms with E-state index in [0.29, 0.717) is 18.0 Å². The molecule has 1 aliphatic heterocycles. The molecule has 138 valence electrons. The fourth-order valence-electron chi connectivity index (χ4n) is 3.18. The SMILES string of the molecule is CC(C)c1ccc(C(=O)NCc2ccccc2CN2CCOCC2)cc1. The largest absolute Gasteiger partial charge is 0.379 e. The van der Waals surface area contributed by atoms with Gasteiger partial charge in [-0.05, 0) is 34.7 Å². The maximum absolute atomic E-state index is 12.5. The van der Waals surface area contributed by atoms with Gasteiger partial charge < -0.3 is 10.1 Å². The van der Waals surface area contributed by atoms with Gasteiger partial charge in [-0.1, -0.05) is 50.2 Å². The second-order valence-corrected chi connectivity index (χ2v) is 7.12. The molecule has 0 unspecified atom stereocenters. The van der Waals surface area contributed by atoms with E-state index in [1.807, 2.05) is 30.3 Å². The Balaban J connectivity index is 1.61. The second-order valence-electron chi connectivity index (χ2n) is 7.12. The minimum Gasteiger partial charge on any atom is -0.379 e. The molecule has 4 nitrogen and oxygen atoms in total. The maximum Gasteiger partial charge on any atom is 0.251 e. The molecular formula is C22H28N2O2. The lowest BCUT2D eigenvalue weighted by Gasteiger charge is -2.27. The predicted octanol–water partition coefficient (Wildman–Crippen LogP) is 3.57. The van der Waals surface area contributed by atoms with Gasteiger partial charge in [0, 0.05) is 31.7 Å². The topological polar surface area (TPSA) is 41.6 Å². The number of benzene rings is 2. The molecule has 1 aliphatic rings. The van der Waals surface area contributed by atoms with E-state index < -0.39 is 0 Å². The first-order valence-electron chi connectivity index (χ1n) is 9.38. The van der Waals surface area contributed by atoms with Crippen LogP contribution in [0.5, 0.6) is 0 Å². The number of carbonyl (C=O) groups is 1. The number of hydrogen-bond donors (Lipinski definition) is 1. The summed E-state index contributed by atoms with van der Waals surface area (Å²) in [6.45, 7) is 9.27. The van der Waals surface area contributed by atoms with Gasteiger partial charge in [0.2, 0.25) is 0 Å². The Hall–Kier alpha value is -2.17. The number of carbonyl (C=O) groups excluding carboxylic acids is 1. The lowest BCUT2D eigenvalue weighted by atomic mass is 10.0. The molecule has 2 aromatic carbocycles. The highest BCUT2D eigenvalue weighted by molar-refractivity contribution is 5.94. The van der Waals surface area contributed by atoms with E-state index in [1.54, 1.807) is 0 Å². The first-order chi connectivity index (χ1) is 12.6. The van der Waals surface area contributed by atoms with E-state index in [1.165, 1.54) is 16.7 Å². The average Bonchev–Trinajstić information content (AvgIpc) is 2.68. The summed E-state index contributed by atoms with van der Waals surface area (Å²) in [5, 5.41) is 3.06. The number of nitrogens with zero attached hydrogens (tertiary/aromatic N) is 1. The van der Waals surface area contributed by atoms with Crippen molar-refractivity contribution in [2.45, 2.75) is 32.9 Å². The summed E-state index contributed by atoms with van der Waals surface area (Å²) in [6, 6.07) is 16.2. The highest BCUT2D eigenvalue weighted by atomic mass is 16.5. The minimum absolute atomic E-state index is 0.0264. The molecule has 1 N–H and O–H groups in total. The Bertz CT molecular complexity index is 719. The Morgan fingerprint density at radius 1 is 1.04 bits per heavy atom. The zero-order chi connectivity index (χ0) is 18.4. The molecule has 0 spiro atoms. The lowest BCUT2D eigenvalue weighted by molar-refractivity contribution is 0.0340. The molecule has 1 amide bonds. The van der Waals surface area contributed by atoms with Crippen LogP contribution >= 0.6 is 0 Å². The zero-order valence-electron chi connectivity index (χ0n) is 15.7. The third-order valence-electron chi connectivity index (χ3n) is 4.89. The van der Waals surface area contributed by atoms with E-state index in [0.717, 1.165) is 32.8 Å². The molecule has 26 heavy (non-hydrogen) atoms. The van der Waals surface area contributed by atoms with E-state index in [9.17, 15) is 4.79 Å². The van der Waals surface area contributed by atoms with E-state index in [4.69, 9.17) is 4.74 Å². The van der Waals surface area contributed by atoms with Crippen molar-refractivity contribution in [3.05, 3.63) is 70.8 Å². The van der Waals surface area contributed by atoms with Crippen LogP contribution in [0, 0.1) is 0 Å². The average molecular weight is 352 g/mol. The van der Waals surface area contributed by atoms with Gasteiger partial charge in [0.05, 0.1) is 13.2 Å². The number of rotatable bonds is 6. The fourth-order valence-corrected chi connectivity index (χ4v) is 3.18. The van der Waals surface area contributed by atoms with Gasteiger partial charge in [-0.3, -0.25) is 9.69 Å². The second kappa shape index (κ2) is 8.97. The van der Waals surface area contributed by atoms with E-state index in [-0.39, 0.29) is 5.91 Å². The summed E-state index contributed by atoms with van der Waals surface area (Å²) in [7, 11) is 0. The van der Waals surface area contributed by atoms with Crippen LogP contribution in [0.25, 0.3) is 0 Å². The van der Waals surface area contributed by atoms with Gasteiger partial charge >= 0.3 is 0 Å². The first kappa shape index (κ1) is 18.6. The van der Waals surface area contributed by atoms with Gasteiger partial charge in [-0.2, -0.15) is 0 Å². The summed E-state index contributed by atoms with van der Waals surface area (Å²) < 4.78 is 5.42. The van der Waals surface area contributed by atoms with Crippen molar-refractivity contribution in [3.63, 3.8) is 0 Å². The lowest BCUT2D eigenvalue weighted by Crippen LogP contribution is -2.36. The highest BCUT2D eigenvalue weighted by Gasteiger charge is 2.13. The standard InChI is InChI=1S/C22H28N2O2/c1-17(2)18-7-9-19(10-8-18)22(25)23-15-20-5-3-4-6-21(20)16-24-11-13-26-14-12-24/h3-10,17H,11-16H2,1-2H3,(H,23,25). The summed E-state index contributed by atoms with van der Waals surface area (Å²) in [5.41, 5.74) is 4.40. The van der Waals surface area contributed by atoms with Gasteiger partial charge in [0.25, 0.3) is 5.91 Å². The molecule has 0 saturated carbocycles. The maximum atomic E-state index is 12.5. The molecule has 0 radical (unpaired) electrons. The van der Waals surface area contributed by atoms with E-state index in [2.05, 4.69) is 42.3 Å². The third-order valence-corrected chi connectivity index (χ3v) is 4.89. The summed E-state index contributed by atoms with van der Waals surface area (Å²) >= 11 is 0. The smallest absolute Gasteiger partial charge is 0.251 e. The van der Waals surface area contributed by atoms with Gasteiger partial charge in [-0.15, -0.1) is 0 Å². The highest BCUT2D eigenvalue weighted by Crippen LogP contribution is 2.16. The molecule has 1 fully saturated rings. The number of hydrogen-bond acceptors (Lipinski definition) is 3. The van der Waals surface area contributed by atoms with Crippen LogP contribution < -0.4 is 5.32 Å². The molecule has 0 aliphatic carbocycles. The van der Waals surface area contributed by atoms with Crippen molar-refractivity contribution in [2.24, 2.45) is 0 Å². The Morgan fingerprint density at radius 3 is 2.35 bits per heavy atom. The van der Waals surface area contributed by atoms with Crippen molar-refractivity contribution >= 4 is 5.91 Å². The molecule has 4 heteroatoms.